The Labute approximate surface area is 144 Å². The van der Waals surface area contributed by atoms with E-state index in [0.29, 0.717) is 5.02 Å². The van der Waals surface area contributed by atoms with E-state index in [1.54, 1.807) is 0 Å². The summed E-state index contributed by atoms with van der Waals surface area (Å²) in [4.78, 5) is 0.850. The molecule has 0 heterocycles. The van der Waals surface area contributed by atoms with Crippen molar-refractivity contribution in [1.29, 1.82) is 0 Å². The first-order valence-corrected chi connectivity index (χ1v) is 10.4. The van der Waals surface area contributed by atoms with Crippen LogP contribution < -0.4 is 0 Å². The molecule has 118 valence electrons. The van der Waals surface area contributed by atoms with Gasteiger partial charge in [-0.1, -0.05) is 48.4 Å². The molecule has 2 aromatic carbocycles. The topological polar surface area (TPSA) is 17.1 Å². The lowest BCUT2D eigenvalue weighted by molar-refractivity contribution is 0.648. The Morgan fingerprint density at radius 3 is 2.36 bits per heavy atom. The van der Waals surface area contributed by atoms with Crippen LogP contribution in [0, 0.1) is 0 Å². The van der Waals surface area contributed by atoms with Gasteiger partial charge in [0.05, 0.1) is 16.0 Å². The van der Waals surface area contributed by atoms with Gasteiger partial charge in [-0.05, 0) is 54.7 Å². The molecule has 4 heteroatoms. The second-order valence-corrected chi connectivity index (χ2v) is 8.20. The molecule has 0 amide bonds. The van der Waals surface area contributed by atoms with E-state index in [1.165, 1.54) is 6.42 Å². The highest BCUT2D eigenvalue weighted by Crippen LogP contribution is 2.30. The van der Waals surface area contributed by atoms with Gasteiger partial charge in [-0.3, -0.25) is 4.21 Å². The summed E-state index contributed by atoms with van der Waals surface area (Å²) < 4.78 is 13.0. The SMILES string of the molecule is CSCCCCC(c1ccccc1)S(=O)c1ccc(Cl)cc1. The molecule has 2 aromatic rings. The van der Waals surface area contributed by atoms with Crippen LogP contribution in [-0.4, -0.2) is 16.2 Å². The van der Waals surface area contributed by atoms with Crippen LogP contribution in [0.25, 0.3) is 0 Å². The lowest BCUT2D eigenvalue weighted by Gasteiger charge is -2.17. The number of thioether (sulfide) groups is 1. The molecule has 0 aromatic heterocycles. The Morgan fingerprint density at radius 1 is 1.05 bits per heavy atom. The number of hydrogen-bond acceptors (Lipinski definition) is 2. The summed E-state index contributed by atoms with van der Waals surface area (Å²) in [6, 6.07) is 17.5. The molecule has 0 fully saturated rings. The molecule has 1 nitrogen and oxygen atoms in total. The maximum absolute atomic E-state index is 13.0. The highest BCUT2D eigenvalue weighted by Gasteiger charge is 2.20. The highest BCUT2D eigenvalue weighted by molar-refractivity contribution is 7.98. The summed E-state index contributed by atoms with van der Waals surface area (Å²) in [6.07, 6.45) is 5.34. The standard InChI is InChI=1S/C18H21ClOS2/c1-21-14-6-5-9-18(15-7-3-2-4-8-15)22(20)17-12-10-16(19)11-13-17/h2-4,7-8,10-13,18H,5-6,9,14H2,1H3. The Kier molecular flexibility index (Phi) is 7.50. The van der Waals surface area contributed by atoms with Gasteiger partial charge in [-0.2, -0.15) is 11.8 Å². The minimum absolute atomic E-state index is 0.0456. The van der Waals surface area contributed by atoms with Crippen molar-refractivity contribution in [1.82, 2.24) is 0 Å². The first-order chi connectivity index (χ1) is 10.7. The lowest BCUT2D eigenvalue weighted by Crippen LogP contribution is -2.07. The molecule has 2 rings (SSSR count). The largest absolute Gasteiger partial charge is 0.254 e. The minimum atomic E-state index is -1.05. The quantitative estimate of drug-likeness (QED) is 0.565. The lowest BCUT2D eigenvalue weighted by atomic mass is 10.1. The van der Waals surface area contributed by atoms with Crippen LogP contribution in [0.5, 0.6) is 0 Å². The molecule has 0 N–H and O–H groups in total. The molecular formula is C18H21ClOS2. The minimum Gasteiger partial charge on any atom is -0.254 e. The third-order valence-electron chi connectivity index (χ3n) is 3.54. The Balaban J connectivity index is 2.16. The number of halogens is 1. The molecule has 0 aliphatic carbocycles. The summed E-state index contributed by atoms with van der Waals surface area (Å²) in [5.74, 6) is 1.16. The molecule has 0 saturated heterocycles. The molecule has 2 atom stereocenters. The Hall–Kier alpha value is -0.770. The fourth-order valence-corrected chi connectivity index (χ4v) is 4.51. The van der Waals surface area contributed by atoms with Gasteiger partial charge in [-0.25, -0.2) is 0 Å². The first kappa shape index (κ1) is 17.6. The van der Waals surface area contributed by atoms with E-state index in [1.807, 2.05) is 54.2 Å². The molecule has 0 aliphatic heterocycles. The highest BCUT2D eigenvalue weighted by atomic mass is 35.5. The van der Waals surface area contributed by atoms with Crippen LogP contribution >= 0.6 is 23.4 Å². The van der Waals surface area contributed by atoms with Crippen LogP contribution in [-0.2, 0) is 10.8 Å². The van der Waals surface area contributed by atoms with Crippen LogP contribution in [0.2, 0.25) is 5.02 Å². The predicted octanol–water partition coefficient (Wildman–Crippen LogP) is 5.72. The molecular weight excluding hydrogens is 332 g/mol. The van der Waals surface area contributed by atoms with Gasteiger partial charge in [0.1, 0.15) is 0 Å². The van der Waals surface area contributed by atoms with Crippen LogP contribution in [0.3, 0.4) is 0 Å². The predicted molar refractivity (Wildman–Crippen MR) is 99.3 cm³/mol. The van der Waals surface area contributed by atoms with Crippen molar-refractivity contribution in [3.05, 3.63) is 65.2 Å². The fourth-order valence-electron chi connectivity index (χ4n) is 2.37. The smallest absolute Gasteiger partial charge is 0.0643 e. The summed E-state index contributed by atoms with van der Waals surface area (Å²) in [5.41, 5.74) is 1.15. The van der Waals surface area contributed by atoms with E-state index in [4.69, 9.17) is 11.6 Å². The zero-order chi connectivity index (χ0) is 15.8. The number of hydrogen-bond donors (Lipinski definition) is 0. The van der Waals surface area contributed by atoms with Crippen molar-refractivity contribution >= 4 is 34.2 Å². The van der Waals surface area contributed by atoms with Crippen molar-refractivity contribution < 1.29 is 4.21 Å². The van der Waals surface area contributed by atoms with E-state index in [2.05, 4.69) is 18.4 Å². The first-order valence-electron chi connectivity index (χ1n) is 7.42. The van der Waals surface area contributed by atoms with Gasteiger partial charge < -0.3 is 0 Å². The molecule has 0 spiro atoms. The van der Waals surface area contributed by atoms with Crippen LogP contribution in [0.15, 0.2) is 59.5 Å². The average Bonchev–Trinajstić information content (AvgIpc) is 2.56. The fraction of sp³-hybridized carbons (Fsp3) is 0.333. The van der Waals surface area contributed by atoms with Gasteiger partial charge in [0.15, 0.2) is 0 Å². The Bertz CT molecular complexity index is 584. The third-order valence-corrected chi connectivity index (χ3v) is 6.25. The molecule has 2 unspecified atom stereocenters. The second kappa shape index (κ2) is 9.39. The van der Waals surface area contributed by atoms with E-state index < -0.39 is 10.8 Å². The maximum atomic E-state index is 13.0. The van der Waals surface area contributed by atoms with E-state index in [-0.39, 0.29) is 5.25 Å². The normalized spacial score (nSPS) is 13.7. The monoisotopic (exact) mass is 352 g/mol. The van der Waals surface area contributed by atoms with Gasteiger partial charge in [0.2, 0.25) is 0 Å². The van der Waals surface area contributed by atoms with E-state index >= 15 is 0 Å². The van der Waals surface area contributed by atoms with Crippen LogP contribution in [0.4, 0.5) is 0 Å². The summed E-state index contributed by atoms with van der Waals surface area (Å²) in [6.45, 7) is 0. The van der Waals surface area contributed by atoms with Gasteiger partial charge in [0.25, 0.3) is 0 Å². The van der Waals surface area contributed by atoms with Gasteiger partial charge in [0, 0.05) is 9.92 Å². The average molecular weight is 353 g/mol. The van der Waals surface area contributed by atoms with E-state index in [9.17, 15) is 4.21 Å². The summed E-state index contributed by atoms with van der Waals surface area (Å²) >= 11 is 7.79. The van der Waals surface area contributed by atoms with Crippen molar-refractivity contribution in [3.8, 4) is 0 Å². The second-order valence-electron chi connectivity index (χ2n) is 5.14. The van der Waals surface area contributed by atoms with Crippen molar-refractivity contribution in [2.45, 2.75) is 29.4 Å². The molecule has 0 bridgehead atoms. The molecule has 0 aliphatic rings. The summed E-state index contributed by atoms with van der Waals surface area (Å²) in [5, 5.41) is 0.723. The Morgan fingerprint density at radius 2 is 1.73 bits per heavy atom. The van der Waals surface area contributed by atoms with Crippen LogP contribution in [0.1, 0.15) is 30.1 Å². The molecule has 0 radical (unpaired) electrons. The number of rotatable bonds is 8. The van der Waals surface area contributed by atoms with Gasteiger partial charge in [-0.15, -0.1) is 0 Å². The van der Waals surface area contributed by atoms with Crippen molar-refractivity contribution in [2.24, 2.45) is 0 Å². The van der Waals surface area contributed by atoms with Crippen molar-refractivity contribution in [2.75, 3.05) is 12.0 Å². The number of unbranched alkanes of at least 4 members (excludes halogenated alkanes) is 1. The zero-order valence-electron chi connectivity index (χ0n) is 12.7. The molecule has 22 heavy (non-hydrogen) atoms. The number of benzene rings is 2. The molecule has 0 saturated carbocycles. The third kappa shape index (κ3) is 5.15. The maximum Gasteiger partial charge on any atom is 0.0643 e. The van der Waals surface area contributed by atoms with Gasteiger partial charge >= 0.3 is 0 Å². The zero-order valence-corrected chi connectivity index (χ0v) is 15.1. The summed E-state index contributed by atoms with van der Waals surface area (Å²) in [7, 11) is -1.05. The van der Waals surface area contributed by atoms with Crippen molar-refractivity contribution in [3.63, 3.8) is 0 Å². The van der Waals surface area contributed by atoms with E-state index in [0.717, 1.165) is 29.1 Å².